The van der Waals surface area contributed by atoms with E-state index in [-0.39, 0.29) is 41.0 Å². The molecule has 2 aromatic heterocycles. The molecule has 0 saturated heterocycles. The average Bonchev–Trinajstić information content (AvgIpc) is 3.58. The van der Waals surface area contributed by atoms with Crippen molar-refractivity contribution in [2.45, 2.75) is 96.4 Å². The minimum atomic E-state index is -2.90. The standard InChI is InChI=1S/C45H56N4O7Si/c1-11-18-32-38(53-25-27-19-14-12-15-20-27)34-30(42(46-32)49(7)8)23-29-24-31-36(48(5)6)39-35(43(47-55-39)54-26-28-21-16-13-17-22-28)41(52)45(31,40(51)33(29)37(34)50)56-57(9,10)44(2,3)4/h12-17,19-22,29,31,36,50H,11,18,23-26H2,1-10H3/t29-,31-,36-,45-/m0/s1. The molecule has 11 nitrogen and oxygen atoms in total. The van der Waals surface area contributed by atoms with Crippen molar-refractivity contribution in [3.05, 3.63) is 106 Å². The van der Waals surface area contributed by atoms with Crippen LogP contribution in [0.15, 0.2) is 70.8 Å². The zero-order chi connectivity index (χ0) is 41.0. The maximum atomic E-state index is 15.9. The van der Waals surface area contributed by atoms with E-state index in [2.05, 4.69) is 45.9 Å². The lowest BCUT2D eigenvalue weighted by Crippen LogP contribution is -2.68. The first-order valence-electron chi connectivity index (χ1n) is 20.0. The molecule has 7 rings (SSSR count). The Morgan fingerprint density at radius 2 is 1.53 bits per heavy atom. The minimum Gasteiger partial charge on any atom is -0.507 e. The van der Waals surface area contributed by atoms with E-state index in [0.29, 0.717) is 42.0 Å². The van der Waals surface area contributed by atoms with E-state index in [1.807, 2.05) is 98.7 Å². The molecule has 57 heavy (non-hydrogen) atoms. The predicted octanol–water partition coefficient (Wildman–Crippen LogP) is 8.54. The molecule has 4 aromatic rings. The second-order valence-electron chi connectivity index (χ2n) is 17.7. The fraction of sp³-hybridized carbons (Fsp3) is 0.467. The van der Waals surface area contributed by atoms with Crippen molar-refractivity contribution in [1.82, 2.24) is 15.0 Å². The van der Waals surface area contributed by atoms with Gasteiger partial charge in [0, 0.05) is 31.1 Å². The number of aliphatic hydroxyl groups is 1. The molecule has 0 radical (unpaired) electrons. The second kappa shape index (κ2) is 15.2. The summed E-state index contributed by atoms with van der Waals surface area (Å²) in [6.07, 6.45) is 2.16. The van der Waals surface area contributed by atoms with Crippen molar-refractivity contribution in [3.63, 3.8) is 0 Å². The van der Waals surface area contributed by atoms with Gasteiger partial charge in [0.2, 0.25) is 11.6 Å². The van der Waals surface area contributed by atoms with Crippen LogP contribution >= 0.6 is 0 Å². The quantitative estimate of drug-likeness (QED) is 0.110. The third-order valence-electron chi connectivity index (χ3n) is 12.3. The maximum Gasteiger partial charge on any atom is 0.265 e. The first-order valence-corrected chi connectivity index (χ1v) is 22.9. The molecule has 12 heteroatoms. The van der Waals surface area contributed by atoms with Gasteiger partial charge in [-0.15, -0.1) is 0 Å². The van der Waals surface area contributed by atoms with Crippen molar-refractivity contribution < 1.29 is 33.1 Å². The number of ketones is 2. The fourth-order valence-corrected chi connectivity index (χ4v) is 10.0. The van der Waals surface area contributed by atoms with Crippen LogP contribution in [0.2, 0.25) is 18.1 Å². The smallest absolute Gasteiger partial charge is 0.265 e. The number of anilines is 1. The number of rotatable bonds is 12. The molecule has 1 fully saturated rings. The van der Waals surface area contributed by atoms with E-state index in [4.69, 9.17) is 23.4 Å². The van der Waals surface area contributed by atoms with Crippen LogP contribution in [-0.4, -0.2) is 73.8 Å². The monoisotopic (exact) mass is 792 g/mol. The van der Waals surface area contributed by atoms with Crippen molar-refractivity contribution >= 4 is 31.5 Å². The highest BCUT2D eigenvalue weighted by Gasteiger charge is 2.69. The van der Waals surface area contributed by atoms with Gasteiger partial charge < -0.3 is 28.4 Å². The maximum absolute atomic E-state index is 15.9. The lowest BCUT2D eigenvalue weighted by molar-refractivity contribution is -0.140. The summed E-state index contributed by atoms with van der Waals surface area (Å²) >= 11 is 0. The number of carbonyl (C=O) groups excluding carboxylic acids is 2. The first-order chi connectivity index (χ1) is 27.0. The molecule has 0 amide bonds. The normalized spacial score (nSPS) is 21.8. The summed E-state index contributed by atoms with van der Waals surface area (Å²) in [4.78, 5) is 40.6. The van der Waals surface area contributed by atoms with E-state index in [1.165, 1.54) is 0 Å². The number of carbonyl (C=O) groups is 2. The Morgan fingerprint density at radius 1 is 0.912 bits per heavy atom. The van der Waals surface area contributed by atoms with Crippen molar-refractivity contribution in [2.24, 2.45) is 11.8 Å². The number of hydrogen-bond donors (Lipinski definition) is 1. The number of benzene rings is 2. The fourth-order valence-electron chi connectivity index (χ4n) is 8.59. The van der Waals surface area contributed by atoms with Crippen LogP contribution < -0.4 is 14.4 Å². The molecule has 0 unspecified atom stereocenters. The van der Waals surface area contributed by atoms with Crippen molar-refractivity contribution in [3.8, 4) is 11.6 Å². The number of pyridine rings is 1. The molecular weight excluding hydrogens is 737 g/mol. The van der Waals surface area contributed by atoms with Crippen LogP contribution in [0.5, 0.6) is 11.6 Å². The number of Topliss-reactive ketones (excluding diaryl/α,β-unsaturated/α-hetero) is 2. The van der Waals surface area contributed by atoms with Gasteiger partial charge in [0.1, 0.15) is 30.4 Å². The Bertz CT molecular complexity index is 2190. The molecular formula is C45H56N4O7Si. The molecule has 0 bridgehead atoms. The zero-order valence-corrected chi connectivity index (χ0v) is 35.9. The van der Waals surface area contributed by atoms with Crippen LogP contribution in [0.1, 0.15) is 90.6 Å². The Labute approximate surface area is 337 Å². The average molecular weight is 793 g/mol. The first kappa shape index (κ1) is 40.4. The van der Waals surface area contributed by atoms with Crippen LogP contribution in [0.4, 0.5) is 5.82 Å². The highest BCUT2D eigenvalue weighted by atomic mass is 28.4. The van der Waals surface area contributed by atoms with E-state index in [1.54, 1.807) is 0 Å². The number of hydrogen-bond acceptors (Lipinski definition) is 11. The lowest BCUT2D eigenvalue weighted by atomic mass is 9.57. The summed E-state index contributed by atoms with van der Waals surface area (Å²) in [5.41, 5.74) is 2.12. The van der Waals surface area contributed by atoms with E-state index in [0.717, 1.165) is 28.9 Å². The number of fused-ring (bicyclic) bond motifs is 4. The number of aliphatic hydroxyl groups excluding tert-OH is 1. The molecule has 1 N–H and O–H groups in total. The van der Waals surface area contributed by atoms with Gasteiger partial charge in [-0.25, -0.2) is 4.98 Å². The van der Waals surface area contributed by atoms with Gasteiger partial charge >= 0.3 is 0 Å². The number of aromatic nitrogens is 2. The highest BCUT2D eigenvalue weighted by Crippen LogP contribution is 2.59. The Morgan fingerprint density at radius 3 is 2.09 bits per heavy atom. The zero-order valence-electron chi connectivity index (χ0n) is 34.9. The van der Waals surface area contributed by atoms with Gasteiger partial charge in [-0.2, -0.15) is 0 Å². The number of nitrogens with zero attached hydrogens (tertiary/aromatic N) is 4. The van der Waals surface area contributed by atoms with Crippen LogP contribution in [0.3, 0.4) is 0 Å². The summed E-state index contributed by atoms with van der Waals surface area (Å²) in [7, 11) is 4.81. The van der Waals surface area contributed by atoms with Gasteiger partial charge in [-0.3, -0.25) is 14.5 Å². The van der Waals surface area contributed by atoms with Crippen LogP contribution in [0, 0.1) is 11.8 Å². The van der Waals surface area contributed by atoms with Crippen LogP contribution in [0.25, 0.3) is 5.76 Å². The third-order valence-corrected chi connectivity index (χ3v) is 16.8. The van der Waals surface area contributed by atoms with Crippen molar-refractivity contribution in [1.29, 1.82) is 0 Å². The largest absolute Gasteiger partial charge is 0.507 e. The topological polar surface area (TPSA) is 127 Å². The minimum absolute atomic E-state index is 0.0204. The summed E-state index contributed by atoms with van der Waals surface area (Å²) in [5, 5.41) is 16.7. The molecule has 0 spiro atoms. The number of ether oxygens (including phenoxy) is 2. The molecule has 3 aliphatic carbocycles. The van der Waals surface area contributed by atoms with E-state index >= 15 is 9.59 Å². The predicted molar refractivity (Wildman–Crippen MR) is 222 cm³/mol. The van der Waals surface area contributed by atoms with Gasteiger partial charge in [0.15, 0.2) is 25.4 Å². The molecule has 2 aromatic carbocycles. The Hall–Kier alpha value is -4.78. The summed E-state index contributed by atoms with van der Waals surface area (Å²) in [5.74, 6) is -0.817. The van der Waals surface area contributed by atoms with Crippen LogP contribution in [-0.2, 0) is 35.3 Å². The third kappa shape index (κ3) is 6.89. The molecule has 4 atom stereocenters. The van der Waals surface area contributed by atoms with Crippen molar-refractivity contribution in [2.75, 3.05) is 33.1 Å². The molecule has 2 heterocycles. The number of aryl methyl sites for hydroxylation is 1. The van der Waals surface area contributed by atoms with E-state index in [9.17, 15) is 5.11 Å². The molecule has 302 valence electrons. The lowest BCUT2D eigenvalue weighted by Gasteiger charge is -2.55. The van der Waals surface area contributed by atoms with Gasteiger partial charge in [-0.1, -0.05) is 94.8 Å². The van der Waals surface area contributed by atoms with Gasteiger partial charge in [-0.05, 0) is 73.7 Å². The van der Waals surface area contributed by atoms with E-state index < -0.39 is 43.4 Å². The summed E-state index contributed by atoms with van der Waals surface area (Å²) < 4.78 is 26.2. The molecule has 3 aliphatic rings. The summed E-state index contributed by atoms with van der Waals surface area (Å²) in [6.45, 7) is 12.8. The second-order valence-corrected chi connectivity index (χ2v) is 22.4. The Kier molecular flexibility index (Phi) is 10.8. The summed E-state index contributed by atoms with van der Waals surface area (Å²) in [6, 6.07) is 18.9. The molecule has 1 saturated carbocycles. The Balaban J connectivity index is 1.45. The SMILES string of the molecule is CCCc1nc(N(C)C)c2c(c1OCc1ccccc1)C(O)=C1C(=O)[C@]3(O[Si](C)(C)C(C)(C)C)C(=O)c4c(OCc5ccccc5)noc4[C@@H](N(C)C)[C@@H]3C[C@@H]1C2. The highest BCUT2D eigenvalue weighted by molar-refractivity contribution is 6.74. The molecule has 0 aliphatic heterocycles. The van der Waals surface area contributed by atoms with Gasteiger partial charge in [0.25, 0.3) is 5.88 Å². The van der Waals surface area contributed by atoms with Gasteiger partial charge in [0.05, 0.1) is 17.3 Å².